The molecule has 2 rings (SSSR count). The Morgan fingerprint density at radius 3 is 2.05 bits per heavy atom. The molecule has 6 nitrogen and oxygen atoms in total. The summed E-state index contributed by atoms with van der Waals surface area (Å²) in [5.41, 5.74) is 0.0130. The zero-order chi connectivity index (χ0) is 16.3. The van der Waals surface area contributed by atoms with Crippen LogP contribution in [-0.4, -0.2) is 35.1 Å². The predicted molar refractivity (Wildman–Crippen MR) is 79.5 cm³/mol. The lowest BCUT2D eigenvalue weighted by Gasteiger charge is -2.18. The summed E-state index contributed by atoms with van der Waals surface area (Å²) in [6.07, 6.45) is 0. The SMILES string of the molecule is CN(C(=O)c1ccc(C(=O)O)cc1C(=O)O)c1ccccc1. The van der Waals surface area contributed by atoms with E-state index in [-0.39, 0.29) is 16.7 Å². The lowest BCUT2D eigenvalue weighted by atomic mass is 10.0. The fraction of sp³-hybridized carbons (Fsp3) is 0.0625. The summed E-state index contributed by atoms with van der Waals surface area (Å²) in [5, 5.41) is 18.1. The van der Waals surface area contributed by atoms with E-state index in [9.17, 15) is 19.5 Å². The van der Waals surface area contributed by atoms with E-state index in [0.29, 0.717) is 5.69 Å². The Balaban J connectivity index is 2.45. The molecule has 0 aliphatic heterocycles. The molecular weight excluding hydrogens is 286 g/mol. The van der Waals surface area contributed by atoms with Gasteiger partial charge < -0.3 is 15.1 Å². The van der Waals surface area contributed by atoms with Crippen LogP contribution in [0.25, 0.3) is 0 Å². The Morgan fingerprint density at radius 1 is 0.864 bits per heavy atom. The summed E-state index contributed by atoms with van der Waals surface area (Å²) < 4.78 is 0. The molecule has 0 saturated carbocycles. The van der Waals surface area contributed by atoms with Crippen molar-refractivity contribution in [1.82, 2.24) is 0 Å². The van der Waals surface area contributed by atoms with E-state index >= 15 is 0 Å². The molecule has 2 aromatic carbocycles. The van der Waals surface area contributed by atoms with Crippen LogP contribution < -0.4 is 4.90 Å². The number of carboxylic acids is 2. The van der Waals surface area contributed by atoms with Crippen LogP contribution in [0, 0.1) is 0 Å². The number of amides is 1. The maximum atomic E-state index is 12.5. The first-order valence-electron chi connectivity index (χ1n) is 6.35. The van der Waals surface area contributed by atoms with Crippen molar-refractivity contribution >= 4 is 23.5 Å². The van der Waals surface area contributed by atoms with Crippen molar-refractivity contribution < 1.29 is 24.6 Å². The van der Waals surface area contributed by atoms with E-state index in [0.717, 1.165) is 6.07 Å². The van der Waals surface area contributed by atoms with Gasteiger partial charge in [-0.1, -0.05) is 18.2 Å². The van der Waals surface area contributed by atoms with Crippen LogP contribution in [0.2, 0.25) is 0 Å². The van der Waals surface area contributed by atoms with Crippen molar-refractivity contribution in [1.29, 1.82) is 0 Å². The molecule has 0 spiro atoms. The number of carboxylic acid groups (broad SMARTS) is 2. The molecule has 0 radical (unpaired) electrons. The second-order valence-corrected chi connectivity index (χ2v) is 4.57. The zero-order valence-corrected chi connectivity index (χ0v) is 11.7. The monoisotopic (exact) mass is 299 g/mol. The second-order valence-electron chi connectivity index (χ2n) is 4.57. The first kappa shape index (κ1) is 15.2. The van der Waals surface area contributed by atoms with Crippen molar-refractivity contribution in [2.75, 3.05) is 11.9 Å². The highest BCUT2D eigenvalue weighted by molar-refractivity contribution is 6.12. The van der Waals surface area contributed by atoms with Gasteiger partial charge >= 0.3 is 11.9 Å². The highest BCUT2D eigenvalue weighted by Gasteiger charge is 2.22. The summed E-state index contributed by atoms with van der Waals surface area (Å²) in [6.45, 7) is 0. The van der Waals surface area contributed by atoms with Gasteiger partial charge in [-0.25, -0.2) is 9.59 Å². The molecule has 22 heavy (non-hydrogen) atoms. The maximum absolute atomic E-state index is 12.5. The summed E-state index contributed by atoms with van der Waals surface area (Å²) >= 11 is 0. The van der Waals surface area contributed by atoms with Crippen LogP contribution in [0.3, 0.4) is 0 Å². The molecule has 112 valence electrons. The standard InChI is InChI=1S/C16H13NO5/c1-17(11-5-3-2-4-6-11)14(18)12-8-7-10(15(19)20)9-13(12)16(21)22/h2-9H,1H3,(H,19,20)(H,21,22). The highest BCUT2D eigenvalue weighted by atomic mass is 16.4. The van der Waals surface area contributed by atoms with Gasteiger partial charge in [0.2, 0.25) is 0 Å². The Labute approximate surface area is 126 Å². The van der Waals surface area contributed by atoms with Gasteiger partial charge in [-0.15, -0.1) is 0 Å². The van der Waals surface area contributed by atoms with Crippen molar-refractivity contribution in [3.8, 4) is 0 Å². The second kappa shape index (κ2) is 6.09. The number of hydrogen-bond acceptors (Lipinski definition) is 3. The molecule has 0 fully saturated rings. The maximum Gasteiger partial charge on any atom is 0.336 e. The summed E-state index contributed by atoms with van der Waals surface area (Å²) in [7, 11) is 1.52. The molecule has 2 N–H and O–H groups in total. The Bertz CT molecular complexity index is 739. The molecule has 0 saturated heterocycles. The first-order valence-corrected chi connectivity index (χ1v) is 6.35. The fourth-order valence-corrected chi connectivity index (χ4v) is 1.99. The van der Waals surface area contributed by atoms with Gasteiger partial charge in [-0.3, -0.25) is 4.79 Å². The largest absolute Gasteiger partial charge is 0.478 e. The third kappa shape index (κ3) is 2.95. The minimum absolute atomic E-state index is 0.0659. The topological polar surface area (TPSA) is 94.9 Å². The molecule has 0 atom stereocenters. The molecule has 2 aromatic rings. The molecule has 0 aliphatic rings. The van der Waals surface area contributed by atoms with Gasteiger partial charge in [0.05, 0.1) is 16.7 Å². The summed E-state index contributed by atoms with van der Waals surface area (Å²) in [6, 6.07) is 12.1. The summed E-state index contributed by atoms with van der Waals surface area (Å²) in [5.74, 6) is -3.13. The first-order chi connectivity index (χ1) is 10.4. The van der Waals surface area contributed by atoms with E-state index in [1.165, 1.54) is 24.1 Å². The van der Waals surface area contributed by atoms with E-state index in [2.05, 4.69) is 0 Å². The fourth-order valence-electron chi connectivity index (χ4n) is 1.99. The molecule has 0 aromatic heterocycles. The molecular formula is C16H13NO5. The van der Waals surface area contributed by atoms with Crippen molar-refractivity contribution in [3.63, 3.8) is 0 Å². The number of rotatable bonds is 4. The van der Waals surface area contributed by atoms with Gasteiger partial charge in [0.15, 0.2) is 0 Å². The number of hydrogen-bond donors (Lipinski definition) is 2. The van der Waals surface area contributed by atoms with E-state index < -0.39 is 17.8 Å². The minimum atomic E-state index is -1.35. The van der Waals surface area contributed by atoms with Gasteiger partial charge in [0.1, 0.15) is 0 Å². The number of carbonyl (C=O) groups excluding carboxylic acids is 1. The Hall–Kier alpha value is -3.15. The predicted octanol–water partition coefficient (Wildman–Crippen LogP) is 2.36. The number of anilines is 1. The average Bonchev–Trinajstić information content (AvgIpc) is 2.53. The number of aromatic carboxylic acids is 2. The molecule has 0 unspecified atom stereocenters. The number of carbonyl (C=O) groups is 3. The molecule has 0 aliphatic carbocycles. The zero-order valence-electron chi connectivity index (χ0n) is 11.7. The molecule has 0 bridgehead atoms. The number of benzene rings is 2. The van der Waals surface area contributed by atoms with Crippen molar-refractivity contribution in [2.45, 2.75) is 0 Å². The highest BCUT2D eigenvalue weighted by Crippen LogP contribution is 2.19. The third-order valence-electron chi connectivity index (χ3n) is 3.18. The quantitative estimate of drug-likeness (QED) is 0.903. The van der Waals surface area contributed by atoms with Crippen LogP contribution in [0.15, 0.2) is 48.5 Å². The van der Waals surface area contributed by atoms with Crippen molar-refractivity contribution in [3.05, 3.63) is 65.2 Å². The normalized spacial score (nSPS) is 10.0. The Morgan fingerprint density at radius 2 is 1.50 bits per heavy atom. The molecule has 1 amide bonds. The van der Waals surface area contributed by atoms with Crippen LogP contribution >= 0.6 is 0 Å². The minimum Gasteiger partial charge on any atom is -0.478 e. The van der Waals surface area contributed by atoms with Crippen LogP contribution in [0.5, 0.6) is 0 Å². The smallest absolute Gasteiger partial charge is 0.336 e. The van der Waals surface area contributed by atoms with Crippen LogP contribution in [0.1, 0.15) is 31.1 Å². The van der Waals surface area contributed by atoms with E-state index in [4.69, 9.17) is 5.11 Å². The van der Waals surface area contributed by atoms with Gasteiger partial charge in [-0.05, 0) is 30.3 Å². The summed E-state index contributed by atoms with van der Waals surface area (Å²) in [4.78, 5) is 36.0. The lowest BCUT2D eigenvalue weighted by molar-refractivity contribution is 0.0692. The average molecular weight is 299 g/mol. The molecule has 0 heterocycles. The van der Waals surface area contributed by atoms with Crippen LogP contribution in [0.4, 0.5) is 5.69 Å². The van der Waals surface area contributed by atoms with Crippen molar-refractivity contribution in [2.24, 2.45) is 0 Å². The van der Waals surface area contributed by atoms with Gasteiger partial charge in [0, 0.05) is 12.7 Å². The number of para-hydroxylation sites is 1. The number of nitrogens with zero attached hydrogens (tertiary/aromatic N) is 1. The third-order valence-corrected chi connectivity index (χ3v) is 3.18. The lowest BCUT2D eigenvalue weighted by Crippen LogP contribution is -2.28. The van der Waals surface area contributed by atoms with Gasteiger partial charge in [-0.2, -0.15) is 0 Å². The Kier molecular flexibility index (Phi) is 4.22. The van der Waals surface area contributed by atoms with Crippen LogP contribution in [-0.2, 0) is 0 Å². The van der Waals surface area contributed by atoms with E-state index in [1.807, 2.05) is 0 Å². The van der Waals surface area contributed by atoms with E-state index in [1.54, 1.807) is 30.3 Å². The van der Waals surface area contributed by atoms with Gasteiger partial charge in [0.25, 0.3) is 5.91 Å². The molecule has 6 heteroatoms.